The van der Waals surface area contributed by atoms with E-state index in [4.69, 9.17) is 4.42 Å². The molecule has 20 heavy (non-hydrogen) atoms. The number of oxazole rings is 1. The highest BCUT2D eigenvalue weighted by molar-refractivity contribution is 5.92. The van der Waals surface area contributed by atoms with Crippen LogP contribution in [0.4, 0.5) is 0 Å². The number of carbonyl (C=O) groups excluding carboxylic acids is 1. The van der Waals surface area contributed by atoms with E-state index in [1.165, 1.54) is 6.42 Å². The van der Waals surface area contributed by atoms with Crippen molar-refractivity contribution in [3.8, 4) is 0 Å². The lowest BCUT2D eigenvalue weighted by Crippen LogP contribution is -2.43. The Bertz CT molecular complexity index is 462. The number of rotatable bonds is 5. The summed E-state index contributed by atoms with van der Waals surface area (Å²) >= 11 is 0. The number of amides is 1. The van der Waals surface area contributed by atoms with Crippen LogP contribution in [0.1, 0.15) is 48.8 Å². The molecule has 5 nitrogen and oxygen atoms in total. The molecule has 1 fully saturated rings. The highest BCUT2D eigenvalue weighted by Gasteiger charge is 2.26. The fourth-order valence-electron chi connectivity index (χ4n) is 2.73. The molecule has 2 rings (SSSR count). The minimum atomic E-state index is -0.0366. The Balaban J connectivity index is 2.12. The van der Waals surface area contributed by atoms with Gasteiger partial charge in [0.2, 0.25) is 5.76 Å². The van der Waals surface area contributed by atoms with Gasteiger partial charge in [0.1, 0.15) is 0 Å². The molecule has 1 aliphatic heterocycles. The first kappa shape index (κ1) is 15.0. The van der Waals surface area contributed by atoms with Crippen LogP contribution in [-0.2, 0) is 0 Å². The number of hydrogen-bond acceptors (Lipinski definition) is 4. The molecule has 0 bridgehead atoms. The highest BCUT2D eigenvalue weighted by atomic mass is 16.4. The number of carbonyl (C=O) groups is 1. The Morgan fingerprint density at radius 3 is 2.75 bits per heavy atom. The van der Waals surface area contributed by atoms with Crippen LogP contribution in [0.15, 0.2) is 4.42 Å². The molecule has 1 saturated heterocycles. The molecule has 0 spiro atoms. The number of nitrogens with zero attached hydrogens (tertiary/aromatic N) is 2. The van der Waals surface area contributed by atoms with Gasteiger partial charge in [-0.3, -0.25) is 4.79 Å². The molecule has 1 N–H and O–H groups in total. The van der Waals surface area contributed by atoms with Gasteiger partial charge in [0, 0.05) is 26.1 Å². The molecule has 0 saturated carbocycles. The van der Waals surface area contributed by atoms with Crippen molar-refractivity contribution in [3.05, 3.63) is 17.3 Å². The van der Waals surface area contributed by atoms with Crippen molar-refractivity contribution in [1.82, 2.24) is 15.2 Å². The van der Waals surface area contributed by atoms with E-state index in [-0.39, 0.29) is 5.91 Å². The summed E-state index contributed by atoms with van der Waals surface area (Å²) in [6.45, 7) is 10.4. The van der Waals surface area contributed by atoms with Crippen LogP contribution < -0.4 is 5.32 Å². The number of hydrogen-bond donors (Lipinski definition) is 1. The fourth-order valence-corrected chi connectivity index (χ4v) is 2.73. The van der Waals surface area contributed by atoms with E-state index < -0.39 is 0 Å². The number of aromatic nitrogens is 1. The van der Waals surface area contributed by atoms with Gasteiger partial charge in [0.25, 0.3) is 5.91 Å². The smallest absolute Gasteiger partial charge is 0.291 e. The molecule has 0 radical (unpaired) electrons. The third-order valence-electron chi connectivity index (χ3n) is 3.57. The highest BCUT2D eigenvalue weighted by Crippen LogP contribution is 2.16. The fraction of sp³-hybridized carbons (Fsp3) is 0.733. The van der Waals surface area contributed by atoms with E-state index >= 15 is 0 Å². The summed E-state index contributed by atoms with van der Waals surface area (Å²) in [7, 11) is 0. The monoisotopic (exact) mass is 279 g/mol. The molecule has 1 atom stereocenters. The minimum Gasteiger partial charge on any atom is -0.436 e. The predicted octanol–water partition coefficient (Wildman–Crippen LogP) is 2.14. The molecule has 0 aliphatic carbocycles. The van der Waals surface area contributed by atoms with Crippen molar-refractivity contribution in [3.63, 3.8) is 0 Å². The van der Waals surface area contributed by atoms with Gasteiger partial charge in [0.05, 0.1) is 5.69 Å². The van der Waals surface area contributed by atoms with Gasteiger partial charge in [-0.2, -0.15) is 0 Å². The van der Waals surface area contributed by atoms with Gasteiger partial charge in [-0.15, -0.1) is 0 Å². The van der Waals surface area contributed by atoms with Crippen LogP contribution in [0, 0.1) is 19.8 Å². The van der Waals surface area contributed by atoms with E-state index in [1.807, 2.05) is 11.8 Å². The van der Waals surface area contributed by atoms with Crippen LogP contribution >= 0.6 is 0 Å². The third-order valence-corrected chi connectivity index (χ3v) is 3.57. The lowest BCUT2D eigenvalue weighted by atomic mass is 10.1. The van der Waals surface area contributed by atoms with Crippen LogP contribution in [0.5, 0.6) is 0 Å². The van der Waals surface area contributed by atoms with Crippen molar-refractivity contribution in [1.29, 1.82) is 0 Å². The molecule has 1 aliphatic rings. The normalized spacial score (nSPS) is 18.8. The Morgan fingerprint density at radius 1 is 1.50 bits per heavy atom. The molecule has 5 heteroatoms. The SMILES string of the molecule is Cc1nc(C)c(C(=O)N(CC(C)C)CC2CCCN2)o1. The molecule has 112 valence electrons. The van der Waals surface area contributed by atoms with Crippen molar-refractivity contribution < 1.29 is 9.21 Å². The molecule has 1 unspecified atom stereocenters. The lowest BCUT2D eigenvalue weighted by molar-refractivity contribution is 0.0687. The van der Waals surface area contributed by atoms with Gasteiger partial charge in [0.15, 0.2) is 5.89 Å². The molecule has 1 amide bonds. The zero-order valence-electron chi connectivity index (χ0n) is 12.9. The summed E-state index contributed by atoms with van der Waals surface area (Å²) in [4.78, 5) is 18.8. The van der Waals surface area contributed by atoms with Crippen LogP contribution in [-0.4, -0.2) is 41.5 Å². The zero-order chi connectivity index (χ0) is 14.7. The van der Waals surface area contributed by atoms with Crippen LogP contribution in [0.2, 0.25) is 0 Å². The summed E-state index contributed by atoms with van der Waals surface area (Å²) in [6.07, 6.45) is 2.32. The summed E-state index contributed by atoms with van der Waals surface area (Å²) in [5.41, 5.74) is 0.681. The van der Waals surface area contributed by atoms with Gasteiger partial charge >= 0.3 is 0 Å². The molecular weight excluding hydrogens is 254 g/mol. The molecule has 2 heterocycles. The maximum absolute atomic E-state index is 12.7. The van der Waals surface area contributed by atoms with Gasteiger partial charge < -0.3 is 14.6 Å². The van der Waals surface area contributed by atoms with E-state index in [0.717, 1.165) is 26.1 Å². The second-order valence-electron chi connectivity index (χ2n) is 6.04. The summed E-state index contributed by atoms with van der Waals surface area (Å²) in [5, 5.41) is 3.45. The maximum atomic E-state index is 12.7. The van der Waals surface area contributed by atoms with E-state index in [9.17, 15) is 4.79 Å². The summed E-state index contributed by atoms with van der Waals surface area (Å²) in [6, 6.07) is 0.405. The largest absolute Gasteiger partial charge is 0.436 e. The number of aryl methyl sites for hydroxylation is 2. The minimum absolute atomic E-state index is 0.0366. The zero-order valence-corrected chi connectivity index (χ0v) is 12.9. The number of nitrogens with one attached hydrogen (secondary N) is 1. The Kier molecular flexibility index (Phi) is 4.81. The standard InChI is InChI=1S/C15H25N3O2/c1-10(2)8-18(9-13-6-5-7-16-13)15(19)14-11(3)17-12(4)20-14/h10,13,16H,5-9H2,1-4H3. The Hall–Kier alpha value is -1.36. The quantitative estimate of drug-likeness (QED) is 0.897. The van der Waals surface area contributed by atoms with Crippen LogP contribution in [0.25, 0.3) is 0 Å². The van der Waals surface area contributed by atoms with E-state index in [0.29, 0.717) is 29.3 Å². The van der Waals surface area contributed by atoms with Gasteiger partial charge in [-0.25, -0.2) is 4.98 Å². The first-order chi connectivity index (χ1) is 9.47. The second kappa shape index (κ2) is 6.39. The molecule has 0 aromatic carbocycles. The Labute approximate surface area is 120 Å². The maximum Gasteiger partial charge on any atom is 0.291 e. The first-order valence-corrected chi connectivity index (χ1v) is 7.44. The summed E-state index contributed by atoms with van der Waals surface area (Å²) < 4.78 is 5.48. The van der Waals surface area contributed by atoms with Crippen LogP contribution in [0.3, 0.4) is 0 Å². The second-order valence-corrected chi connectivity index (χ2v) is 6.04. The van der Waals surface area contributed by atoms with Crippen molar-refractivity contribution >= 4 is 5.91 Å². The molecule has 1 aromatic rings. The predicted molar refractivity (Wildman–Crippen MR) is 77.7 cm³/mol. The van der Waals surface area contributed by atoms with Crippen molar-refractivity contribution in [2.75, 3.05) is 19.6 Å². The van der Waals surface area contributed by atoms with E-state index in [1.54, 1.807) is 6.92 Å². The lowest BCUT2D eigenvalue weighted by Gasteiger charge is -2.26. The average Bonchev–Trinajstić information content (AvgIpc) is 2.96. The summed E-state index contributed by atoms with van der Waals surface area (Å²) in [5.74, 6) is 1.34. The first-order valence-electron chi connectivity index (χ1n) is 7.44. The van der Waals surface area contributed by atoms with Gasteiger partial charge in [-0.1, -0.05) is 13.8 Å². The van der Waals surface area contributed by atoms with Crippen molar-refractivity contribution in [2.24, 2.45) is 5.92 Å². The average molecular weight is 279 g/mol. The topological polar surface area (TPSA) is 58.4 Å². The van der Waals surface area contributed by atoms with E-state index in [2.05, 4.69) is 24.1 Å². The van der Waals surface area contributed by atoms with Crippen molar-refractivity contribution in [2.45, 2.75) is 46.6 Å². The third kappa shape index (κ3) is 3.60. The Morgan fingerprint density at radius 2 is 2.25 bits per heavy atom. The molecular formula is C15H25N3O2. The molecule has 1 aromatic heterocycles. The van der Waals surface area contributed by atoms with Gasteiger partial charge in [-0.05, 0) is 32.2 Å².